The normalized spacial score (nSPS) is 12.3. The zero-order chi connectivity index (χ0) is 15.1. The average Bonchev–Trinajstić information content (AvgIpc) is 2.39. The number of rotatable bonds is 14. The summed E-state index contributed by atoms with van der Waals surface area (Å²) in [5.74, 6) is -0.0351. The van der Waals surface area contributed by atoms with Gasteiger partial charge in [0.05, 0.1) is 0 Å². The minimum atomic E-state index is -0.722. The topological polar surface area (TPSA) is 49.3 Å². The summed E-state index contributed by atoms with van der Waals surface area (Å²) in [5.41, 5.74) is 0. The summed E-state index contributed by atoms with van der Waals surface area (Å²) in [7, 11) is 0. The maximum Gasteiger partial charge on any atom is 0.221 e. The molecule has 0 radical (unpaired) electrons. The summed E-state index contributed by atoms with van der Waals surface area (Å²) in [6.45, 7) is 3.83. The molecule has 0 saturated carbocycles. The monoisotopic (exact) mass is 285 g/mol. The van der Waals surface area contributed by atoms with E-state index in [0.29, 0.717) is 6.42 Å². The number of aliphatic hydroxyl groups excluding tert-OH is 1. The van der Waals surface area contributed by atoms with Crippen LogP contribution in [0.25, 0.3) is 0 Å². The number of amides is 1. The number of hydrogen-bond donors (Lipinski definition) is 2. The molecule has 0 aliphatic rings. The molecule has 0 aliphatic heterocycles. The molecule has 2 N–H and O–H groups in total. The lowest BCUT2D eigenvalue weighted by Crippen LogP contribution is -2.31. The quantitative estimate of drug-likeness (QED) is 0.364. The van der Waals surface area contributed by atoms with Crippen LogP contribution in [0.4, 0.5) is 0 Å². The van der Waals surface area contributed by atoms with Gasteiger partial charge in [-0.3, -0.25) is 4.79 Å². The van der Waals surface area contributed by atoms with Gasteiger partial charge in [-0.1, -0.05) is 77.6 Å². The number of unbranched alkanes of at least 4 members (excludes halogenated alkanes) is 11. The summed E-state index contributed by atoms with van der Waals surface area (Å²) in [5, 5.41) is 11.5. The zero-order valence-electron chi connectivity index (χ0n) is 13.6. The summed E-state index contributed by atoms with van der Waals surface area (Å²) in [4.78, 5) is 11.3. The number of carbonyl (C=O) groups excluding carboxylic acids is 1. The van der Waals surface area contributed by atoms with Crippen LogP contribution in [0.2, 0.25) is 0 Å². The van der Waals surface area contributed by atoms with E-state index >= 15 is 0 Å². The van der Waals surface area contributed by atoms with Crippen molar-refractivity contribution in [3.05, 3.63) is 0 Å². The molecule has 0 aliphatic carbocycles. The molecule has 0 heterocycles. The van der Waals surface area contributed by atoms with Crippen LogP contribution in [0.5, 0.6) is 0 Å². The van der Waals surface area contributed by atoms with Crippen LogP contribution < -0.4 is 5.32 Å². The van der Waals surface area contributed by atoms with E-state index in [1.807, 2.05) is 0 Å². The third kappa shape index (κ3) is 15.5. The van der Waals surface area contributed by atoms with E-state index in [1.54, 1.807) is 6.92 Å². The number of nitrogens with one attached hydrogen (secondary N) is 1. The van der Waals surface area contributed by atoms with Crippen molar-refractivity contribution < 1.29 is 9.90 Å². The molecular weight excluding hydrogens is 250 g/mol. The second-order valence-electron chi connectivity index (χ2n) is 5.88. The van der Waals surface area contributed by atoms with Crippen LogP contribution in [0.1, 0.15) is 97.3 Å². The second-order valence-corrected chi connectivity index (χ2v) is 5.88. The van der Waals surface area contributed by atoms with Gasteiger partial charge < -0.3 is 10.4 Å². The molecule has 0 aromatic carbocycles. The van der Waals surface area contributed by atoms with Crippen LogP contribution in [-0.2, 0) is 4.79 Å². The van der Waals surface area contributed by atoms with Crippen LogP contribution in [-0.4, -0.2) is 17.2 Å². The van der Waals surface area contributed by atoms with Gasteiger partial charge in [0.15, 0.2) is 0 Å². The van der Waals surface area contributed by atoms with E-state index < -0.39 is 6.23 Å². The third-order valence-electron chi connectivity index (χ3n) is 3.63. The van der Waals surface area contributed by atoms with Crippen molar-refractivity contribution in [2.24, 2.45) is 0 Å². The van der Waals surface area contributed by atoms with Gasteiger partial charge in [0.25, 0.3) is 0 Å². The van der Waals surface area contributed by atoms with Gasteiger partial charge in [0, 0.05) is 6.42 Å². The molecule has 20 heavy (non-hydrogen) atoms. The molecule has 0 aromatic rings. The predicted molar refractivity (Wildman–Crippen MR) is 85.5 cm³/mol. The molecule has 120 valence electrons. The van der Waals surface area contributed by atoms with Gasteiger partial charge in [-0.15, -0.1) is 0 Å². The van der Waals surface area contributed by atoms with Crippen molar-refractivity contribution in [2.75, 3.05) is 0 Å². The molecule has 1 atom stereocenters. The van der Waals surface area contributed by atoms with E-state index in [4.69, 9.17) is 5.11 Å². The van der Waals surface area contributed by atoms with Gasteiger partial charge in [0.2, 0.25) is 5.91 Å². The van der Waals surface area contributed by atoms with Crippen molar-refractivity contribution >= 4 is 5.91 Å². The lowest BCUT2D eigenvalue weighted by molar-refractivity contribution is -0.123. The highest BCUT2D eigenvalue weighted by molar-refractivity contribution is 5.75. The van der Waals surface area contributed by atoms with E-state index in [0.717, 1.165) is 12.8 Å². The van der Waals surface area contributed by atoms with Crippen molar-refractivity contribution in [3.8, 4) is 0 Å². The van der Waals surface area contributed by atoms with Crippen LogP contribution in [0.3, 0.4) is 0 Å². The molecule has 3 nitrogen and oxygen atoms in total. The first kappa shape index (κ1) is 19.4. The smallest absolute Gasteiger partial charge is 0.221 e. The van der Waals surface area contributed by atoms with Gasteiger partial charge in [0.1, 0.15) is 6.23 Å². The van der Waals surface area contributed by atoms with E-state index in [-0.39, 0.29) is 5.91 Å². The fourth-order valence-electron chi connectivity index (χ4n) is 2.43. The highest BCUT2D eigenvalue weighted by atomic mass is 16.3. The lowest BCUT2D eigenvalue weighted by atomic mass is 10.0. The highest BCUT2D eigenvalue weighted by Crippen LogP contribution is 2.12. The first-order valence-corrected chi connectivity index (χ1v) is 8.64. The van der Waals surface area contributed by atoms with Crippen molar-refractivity contribution in [2.45, 2.75) is 104 Å². The SMILES string of the molecule is CCCCCCCCCCCCCCC(=O)NC(C)O. The second kappa shape index (κ2) is 14.8. The van der Waals surface area contributed by atoms with Crippen molar-refractivity contribution in [1.82, 2.24) is 5.32 Å². The molecular formula is C17H35NO2. The van der Waals surface area contributed by atoms with E-state index in [1.165, 1.54) is 64.2 Å². The maximum absolute atomic E-state index is 11.3. The van der Waals surface area contributed by atoms with E-state index in [9.17, 15) is 4.79 Å². The van der Waals surface area contributed by atoms with Crippen molar-refractivity contribution in [3.63, 3.8) is 0 Å². The number of carbonyl (C=O) groups is 1. The number of aliphatic hydroxyl groups is 1. The largest absolute Gasteiger partial charge is 0.374 e. The lowest BCUT2D eigenvalue weighted by Gasteiger charge is -2.07. The van der Waals surface area contributed by atoms with Crippen LogP contribution in [0.15, 0.2) is 0 Å². The molecule has 0 aromatic heterocycles. The minimum absolute atomic E-state index is 0.0351. The molecule has 0 spiro atoms. The Bertz CT molecular complexity index is 217. The third-order valence-corrected chi connectivity index (χ3v) is 3.63. The molecule has 1 unspecified atom stereocenters. The van der Waals surface area contributed by atoms with Crippen molar-refractivity contribution in [1.29, 1.82) is 0 Å². The Morgan fingerprint density at radius 3 is 1.65 bits per heavy atom. The van der Waals surface area contributed by atoms with Gasteiger partial charge in [-0.05, 0) is 13.3 Å². The molecule has 0 fully saturated rings. The summed E-state index contributed by atoms with van der Waals surface area (Å²) < 4.78 is 0. The van der Waals surface area contributed by atoms with Gasteiger partial charge >= 0.3 is 0 Å². The highest BCUT2D eigenvalue weighted by Gasteiger charge is 2.02. The predicted octanol–water partition coefficient (Wildman–Crippen LogP) is 4.53. The minimum Gasteiger partial charge on any atom is -0.374 e. The average molecular weight is 285 g/mol. The Kier molecular flexibility index (Phi) is 14.4. The van der Waals surface area contributed by atoms with Crippen LogP contribution >= 0.6 is 0 Å². The first-order valence-electron chi connectivity index (χ1n) is 8.64. The molecule has 0 bridgehead atoms. The summed E-state index contributed by atoms with van der Waals surface area (Å²) in [6, 6.07) is 0. The Morgan fingerprint density at radius 2 is 1.25 bits per heavy atom. The molecule has 3 heteroatoms. The first-order chi connectivity index (χ1) is 9.66. The summed E-state index contributed by atoms with van der Waals surface area (Å²) in [6.07, 6.45) is 15.5. The Labute approximate surface area is 125 Å². The molecule has 0 saturated heterocycles. The Morgan fingerprint density at radius 1 is 0.850 bits per heavy atom. The van der Waals surface area contributed by atoms with Gasteiger partial charge in [-0.2, -0.15) is 0 Å². The fraction of sp³-hybridized carbons (Fsp3) is 0.941. The van der Waals surface area contributed by atoms with Gasteiger partial charge in [-0.25, -0.2) is 0 Å². The Balaban J connectivity index is 3.08. The van der Waals surface area contributed by atoms with Crippen LogP contribution in [0, 0.1) is 0 Å². The zero-order valence-corrected chi connectivity index (χ0v) is 13.6. The van der Waals surface area contributed by atoms with E-state index in [2.05, 4.69) is 12.2 Å². The Hall–Kier alpha value is -0.570. The fourth-order valence-corrected chi connectivity index (χ4v) is 2.43. The standard InChI is InChI=1S/C17H35NO2/c1-3-4-5-6-7-8-9-10-11-12-13-14-15-17(20)18-16(2)19/h16,19H,3-15H2,1-2H3,(H,18,20). The molecule has 1 amide bonds. The maximum atomic E-state index is 11.3. The molecule has 0 rings (SSSR count). The summed E-state index contributed by atoms with van der Waals surface area (Å²) >= 11 is 0. The number of hydrogen-bond acceptors (Lipinski definition) is 2.